The van der Waals surface area contributed by atoms with E-state index < -0.39 is 0 Å². The molecular formula is C20H27IN6O2. The van der Waals surface area contributed by atoms with Gasteiger partial charge < -0.3 is 19.6 Å². The van der Waals surface area contributed by atoms with Gasteiger partial charge in [-0.2, -0.15) is 0 Å². The standard InChI is InChI=1S/C20H26N6O2.HI/c1-21-20(25-11-9-24(10-12-25)15-17-7-13-28-23-17)22-14-19(27)26-8-6-16-4-2-3-5-18(16)26;/h2-5,7,13H,6,8-12,14-15H2,1H3,(H,21,22);1H. The molecule has 29 heavy (non-hydrogen) atoms. The molecule has 1 N–H and O–H groups in total. The molecule has 0 radical (unpaired) electrons. The molecule has 0 unspecified atom stereocenters. The van der Waals surface area contributed by atoms with Crippen LogP contribution in [0.2, 0.25) is 0 Å². The van der Waals surface area contributed by atoms with Crippen molar-refractivity contribution in [1.29, 1.82) is 0 Å². The first kappa shape index (κ1) is 21.6. The number of halogens is 1. The van der Waals surface area contributed by atoms with Crippen LogP contribution in [0.5, 0.6) is 0 Å². The number of para-hydroxylation sites is 1. The maximum atomic E-state index is 12.7. The van der Waals surface area contributed by atoms with E-state index in [9.17, 15) is 4.79 Å². The normalized spacial score (nSPS) is 17.1. The Hall–Kier alpha value is -2.14. The summed E-state index contributed by atoms with van der Waals surface area (Å²) in [4.78, 5) is 23.5. The predicted molar refractivity (Wildman–Crippen MR) is 123 cm³/mol. The van der Waals surface area contributed by atoms with Gasteiger partial charge in [-0.25, -0.2) is 0 Å². The van der Waals surface area contributed by atoms with E-state index in [1.165, 1.54) is 5.56 Å². The number of aromatic nitrogens is 1. The number of guanidine groups is 1. The summed E-state index contributed by atoms with van der Waals surface area (Å²) in [5.74, 6) is 0.859. The molecule has 8 nitrogen and oxygen atoms in total. The molecule has 0 saturated carbocycles. The second kappa shape index (κ2) is 10.1. The third-order valence-corrected chi connectivity index (χ3v) is 5.35. The van der Waals surface area contributed by atoms with Crippen LogP contribution in [0.15, 0.2) is 46.1 Å². The number of carbonyl (C=O) groups excluding carboxylic acids is 1. The van der Waals surface area contributed by atoms with Crippen molar-refractivity contribution in [2.75, 3.05) is 51.2 Å². The Morgan fingerprint density at radius 3 is 2.69 bits per heavy atom. The van der Waals surface area contributed by atoms with Crippen LogP contribution >= 0.6 is 24.0 Å². The quantitative estimate of drug-likeness (QED) is 0.383. The highest BCUT2D eigenvalue weighted by Gasteiger charge is 2.25. The SMILES string of the molecule is CN=C(NCC(=O)N1CCc2ccccc21)N1CCN(Cc2ccon2)CC1.I. The van der Waals surface area contributed by atoms with Crippen molar-refractivity contribution in [3.05, 3.63) is 47.9 Å². The van der Waals surface area contributed by atoms with Crippen molar-refractivity contribution < 1.29 is 9.32 Å². The number of hydrogen-bond acceptors (Lipinski definition) is 5. The Morgan fingerprint density at radius 2 is 1.97 bits per heavy atom. The van der Waals surface area contributed by atoms with Crippen molar-refractivity contribution in [3.8, 4) is 0 Å². The zero-order valence-electron chi connectivity index (χ0n) is 16.6. The number of nitrogens with one attached hydrogen (secondary N) is 1. The van der Waals surface area contributed by atoms with Crippen LogP contribution in [-0.4, -0.2) is 73.1 Å². The lowest BCUT2D eigenvalue weighted by Gasteiger charge is -2.36. The fourth-order valence-electron chi connectivity index (χ4n) is 3.85. The fourth-order valence-corrected chi connectivity index (χ4v) is 3.85. The summed E-state index contributed by atoms with van der Waals surface area (Å²) in [6.07, 6.45) is 2.53. The summed E-state index contributed by atoms with van der Waals surface area (Å²) < 4.78 is 4.90. The van der Waals surface area contributed by atoms with Crippen LogP contribution in [0.1, 0.15) is 11.3 Å². The van der Waals surface area contributed by atoms with Gasteiger partial charge >= 0.3 is 0 Å². The topological polar surface area (TPSA) is 77.2 Å². The Kier molecular flexibility index (Phi) is 7.48. The van der Waals surface area contributed by atoms with Crippen LogP contribution in [0.4, 0.5) is 5.69 Å². The maximum Gasteiger partial charge on any atom is 0.246 e. The zero-order valence-corrected chi connectivity index (χ0v) is 18.9. The van der Waals surface area contributed by atoms with Crippen LogP contribution in [-0.2, 0) is 17.8 Å². The lowest BCUT2D eigenvalue weighted by atomic mass is 10.2. The number of nitrogens with zero attached hydrogens (tertiary/aromatic N) is 5. The van der Waals surface area contributed by atoms with E-state index in [2.05, 4.69) is 31.3 Å². The van der Waals surface area contributed by atoms with Crippen molar-refractivity contribution >= 4 is 41.5 Å². The van der Waals surface area contributed by atoms with E-state index in [0.29, 0.717) is 0 Å². The largest absolute Gasteiger partial charge is 0.364 e. The maximum absolute atomic E-state index is 12.7. The lowest BCUT2D eigenvalue weighted by Crippen LogP contribution is -2.53. The molecule has 3 heterocycles. The molecular weight excluding hydrogens is 483 g/mol. The molecule has 2 aliphatic heterocycles. The molecule has 0 aliphatic carbocycles. The fraction of sp³-hybridized carbons (Fsp3) is 0.450. The highest BCUT2D eigenvalue weighted by molar-refractivity contribution is 14.0. The number of hydrogen-bond donors (Lipinski definition) is 1. The third-order valence-electron chi connectivity index (χ3n) is 5.35. The molecule has 1 aromatic carbocycles. The first-order valence-corrected chi connectivity index (χ1v) is 9.70. The summed E-state index contributed by atoms with van der Waals surface area (Å²) >= 11 is 0. The van der Waals surface area contributed by atoms with Crippen molar-refractivity contribution in [3.63, 3.8) is 0 Å². The first-order valence-electron chi connectivity index (χ1n) is 9.70. The number of fused-ring (bicyclic) bond motifs is 1. The number of anilines is 1. The van der Waals surface area contributed by atoms with E-state index in [1.807, 2.05) is 29.2 Å². The van der Waals surface area contributed by atoms with Gasteiger partial charge in [-0.05, 0) is 18.1 Å². The molecule has 0 spiro atoms. The summed E-state index contributed by atoms with van der Waals surface area (Å²) in [5, 5.41) is 7.22. The summed E-state index contributed by atoms with van der Waals surface area (Å²) in [7, 11) is 1.76. The predicted octanol–water partition coefficient (Wildman–Crippen LogP) is 1.57. The van der Waals surface area contributed by atoms with Gasteiger partial charge in [-0.15, -0.1) is 24.0 Å². The molecule has 1 aromatic heterocycles. The van der Waals surface area contributed by atoms with Gasteiger partial charge in [0.1, 0.15) is 6.26 Å². The summed E-state index contributed by atoms with van der Waals surface area (Å²) in [6, 6.07) is 10.0. The van der Waals surface area contributed by atoms with Gasteiger partial charge in [0.25, 0.3) is 0 Å². The minimum atomic E-state index is 0. The average molecular weight is 510 g/mol. The van der Waals surface area contributed by atoms with E-state index in [0.717, 1.165) is 63.0 Å². The molecule has 1 saturated heterocycles. The summed E-state index contributed by atoms with van der Waals surface area (Å²) in [6.45, 7) is 5.35. The molecule has 156 valence electrons. The molecule has 1 fully saturated rings. The smallest absolute Gasteiger partial charge is 0.246 e. The molecule has 4 rings (SSSR count). The van der Waals surface area contributed by atoms with E-state index in [4.69, 9.17) is 4.52 Å². The minimum absolute atomic E-state index is 0. The highest BCUT2D eigenvalue weighted by atomic mass is 127. The minimum Gasteiger partial charge on any atom is -0.364 e. The number of aliphatic imine (C=N–C) groups is 1. The highest BCUT2D eigenvalue weighted by Crippen LogP contribution is 2.27. The zero-order chi connectivity index (χ0) is 19.3. The van der Waals surface area contributed by atoms with Gasteiger partial charge in [0, 0.05) is 58.1 Å². The van der Waals surface area contributed by atoms with Crippen LogP contribution in [0, 0.1) is 0 Å². The van der Waals surface area contributed by atoms with Gasteiger partial charge in [0.2, 0.25) is 5.91 Å². The van der Waals surface area contributed by atoms with Gasteiger partial charge in [-0.3, -0.25) is 14.7 Å². The Labute approximate surface area is 187 Å². The second-order valence-electron chi connectivity index (χ2n) is 7.08. The molecule has 2 aromatic rings. The monoisotopic (exact) mass is 510 g/mol. The van der Waals surface area contributed by atoms with E-state index in [1.54, 1.807) is 13.3 Å². The Morgan fingerprint density at radius 1 is 1.17 bits per heavy atom. The molecule has 0 atom stereocenters. The van der Waals surface area contributed by atoms with Gasteiger partial charge in [-0.1, -0.05) is 23.4 Å². The first-order chi connectivity index (χ1) is 13.7. The Balaban J connectivity index is 0.00000240. The number of rotatable bonds is 4. The lowest BCUT2D eigenvalue weighted by molar-refractivity contribution is -0.117. The molecule has 0 bridgehead atoms. The number of piperazine rings is 1. The van der Waals surface area contributed by atoms with Crippen LogP contribution < -0.4 is 10.2 Å². The van der Waals surface area contributed by atoms with Crippen LogP contribution in [0.3, 0.4) is 0 Å². The summed E-state index contributed by atoms with van der Waals surface area (Å²) in [5.41, 5.74) is 3.22. The van der Waals surface area contributed by atoms with Crippen molar-refractivity contribution in [2.45, 2.75) is 13.0 Å². The van der Waals surface area contributed by atoms with Gasteiger partial charge in [0.15, 0.2) is 5.96 Å². The third kappa shape index (κ3) is 5.08. The van der Waals surface area contributed by atoms with Gasteiger partial charge in [0.05, 0.1) is 12.2 Å². The molecule has 9 heteroatoms. The van der Waals surface area contributed by atoms with E-state index >= 15 is 0 Å². The van der Waals surface area contributed by atoms with E-state index in [-0.39, 0.29) is 36.4 Å². The van der Waals surface area contributed by atoms with Crippen LogP contribution in [0.25, 0.3) is 0 Å². The Bertz CT molecular complexity index is 833. The van der Waals surface area contributed by atoms with Crippen molar-refractivity contribution in [1.82, 2.24) is 20.3 Å². The molecule has 2 aliphatic rings. The molecule has 1 amide bonds. The number of amides is 1. The average Bonchev–Trinajstić information content (AvgIpc) is 3.39. The second-order valence-corrected chi connectivity index (χ2v) is 7.08. The number of carbonyl (C=O) groups is 1. The number of benzene rings is 1. The van der Waals surface area contributed by atoms with Crippen molar-refractivity contribution in [2.24, 2.45) is 4.99 Å².